The number of carboxylic acid groups (broad SMARTS) is 1. The number of amides is 1. The zero-order valence-electron chi connectivity index (χ0n) is 32.3. The van der Waals surface area contributed by atoms with E-state index in [-0.39, 0.29) is 22.3 Å². The molecule has 1 aliphatic heterocycles. The molecule has 0 radical (unpaired) electrons. The number of nitrogens with zero attached hydrogens (tertiary/aromatic N) is 1. The topological polar surface area (TPSA) is 132 Å². The summed E-state index contributed by atoms with van der Waals surface area (Å²) in [5.41, 5.74) is 7.31. The third-order valence-electron chi connectivity index (χ3n) is 9.15. The predicted octanol–water partition coefficient (Wildman–Crippen LogP) is 10.7. The molecule has 1 aromatic heterocycles. The van der Waals surface area contributed by atoms with Crippen molar-refractivity contribution in [3.8, 4) is 45.0 Å². The van der Waals surface area contributed by atoms with E-state index in [1.165, 1.54) is 36.4 Å². The van der Waals surface area contributed by atoms with E-state index >= 15 is 0 Å². The van der Waals surface area contributed by atoms with Gasteiger partial charge in [0.1, 0.15) is 23.1 Å². The first-order valence-electron chi connectivity index (χ1n) is 18.6. The Morgan fingerprint density at radius 1 is 0.627 bits per heavy atom. The van der Waals surface area contributed by atoms with Crippen LogP contribution in [0, 0.1) is 11.6 Å². The van der Waals surface area contributed by atoms with Crippen molar-refractivity contribution < 1.29 is 42.5 Å². The summed E-state index contributed by atoms with van der Waals surface area (Å²) in [5, 5.41) is 12.1. The maximum absolute atomic E-state index is 13.5. The molecule has 9 nitrogen and oxygen atoms in total. The third-order valence-corrected chi connectivity index (χ3v) is 9.15. The van der Waals surface area contributed by atoms with E-state index in [1.807, 2.05) is 111 Å². The van der Waals surface area contributed by atoms with E-state index in [4.69, 9.17) is 9.47 Å². The van der Waals surface area contributed by atoms with E-state index in [1.54, 1.807) is 6.92 Å². The van der Waals surface area contributed by atoms with Crippen LogP contribution in [-0.4, -0.2) is 46.7 Å². The van der Waals surface area contributed by atoms with Gasteiger partial charge in [0.25, 0.3) is 11.7 Å². The Kier molecular flexibility index (Phi) is 13.0. The predicted molar refractivity (Wildman–Crippen MR) is 223 cm³/mol. The standard InChI is InChI=1S/C24H18FNO3.C16H16O2.C8H4FNO2/c1-2-29-19-10-7-16(8-11-19)15-3-5-17(6-4-15)23-14-21(24(27)28)20-13-18(25)9-12-22(20)26-23;1-3-18-16-10-8-15(9-11-16)14-6-4-13(5-7-14)12(2)17;9-4-1-2-6-5(3-4)7(11)8(12)10-6/h3-14H,2H2,1H3,(H,27,28);4-11H,3H2,1-2H3;1-3H,(H,10,11,12). The molecule has 0 unspecified atom stereocenters. The van der Waals surface area contributed by atoms with Gasteiger partial charge in [0.15, 0.2) is 5.78 Å². The number of hydrogen-bond donors (Lipinski definition) is 2. The molecule has 0 fully saturated rings. The molecule has 0 saturated heterocycles. The Balaban J connectivity index is 0.000000165. The number of fused-ring (bicyclic) bond motifs is 2. The first-order valence-corrected chi connectivity index (χ1v) is 18.6. The number of ether oxygens (including phenoxy) is 2. The van der Waals surface area contributed by atoms with Crippen LogP contribution in [0.5, 0.6) is 11.5 Å². The van der Waals surface area contributed by atoms with Gasteiger partial charge in [-0.25, -0.2) is 18.6 Å². The van der Waals surface area contributed by atoms with Crippen molar-refractivity contribution in [2.45, 2.75) is 20.8 Å². The van der Waals surface area contributed by atoms with Crippen LogP contribution in [-0.2, 0) is 4.79 Å². The number of carbonyl (C=O) groups is 4. The van der Waals surface area contributed by atoms with Crippen molar-refractivity contribution in [1.29, 1.82) is 0 Å². The molecule has 0 saturated carbocycles. The molecule has 0 bridgehead atoms. The van der Waals surface area contributed by atoms with Crippen LogP contribution in [0.1, 0.15) is 51.8 Å². The summed E-state index contributed by atoms with van der Waals surface area (Å²) in [4.78, 5) is 49.1. The summed E-state index contributed by atoms with van der Waals surface area (Å²) < 4.78 is 37.0. The Morgan fingerprint density at radius 2 is 1.10 bits per heavy atom. The highest BCUT2D eigenvalue weighted by molar-refractivity contribution is 6.51. The summed E-state index contributed by atoms with van der Waals surface area (Å²) in [5.74, 6) is -1.70. The molecule has 59 heavy (non-hydrogen) atoms. The van der Waals surface area contributed by atoms with Crippen molar-refractivity contribution in [3.05, 3.63) is 168 Å². The minimum absolute atomic E-state index is 0.0279. The molecular formula is C48H38F2N2O7. The van der Waals surface area contributed by atoms with E-state index in [0.717, 1.165) is 50.9 Å². The minimum Gasteiger partial charge on any atom is -0.494 e. The first kappa shape index (κ1) is 41.1. The summed E-state index contributed by atoms with van der Waals surface area (Å²) >= 11 is 0. The largest absolute Gasteiger partial charge is 0.494 e. The molecule has 8 rings (SSSR count). The second-order valence-electron chi connectivity index (χ2n) is 13.1. The van der Waals surface area contributed by atoms with Gasteiger partial charge in [-0.1, -0.05) is 72.8 Å². The molecule has 0 aliphatic carbocycles. The second kappa shape index (κ2) is 18.6. The molecule has 1 aliphatic rings. The van der Waals surface area contributed by atoms with E-state index in [0.29, 0.717) is 30.1 Å². The lowest BCUT2D eigenvalue weighted by atomic mass is 10.0. The van der Waals surface area contributed by atoms with Gasteiger partial charge in [0.05, 0.1) is 41.2 Å². The lowest BCUT2D eigenvalue weighted by molar-refractivity contribution is -0.112. The smallest absolute Gasteiger partial charge is 0.336 e. The van der Waals surface area contributed by atoms with Crippen molar-refractivity contribution in [2.24, 2.45) is 0 Å². The monoisotopic (exact) mass is 792 g/mol. The van der Waals surface area contributed by atoms with Gasteiger partial charge >= 0.3 is 5.97 Å². The van der Waals surface area contributed by atoms with Gasteiger partial charge in [-0.2, -0.15) is 0 Å². The third kappa shape index (κ3) is 10.1. The van der Waals surface area contributed by atoms with Crippen LogP contribution < -0.4 is 14.8 Å². The summed E-state index contributed by atoms with van der Waals surface area (Å²) in [6.07, 6.45) is 0. The van der Waals surface area contributed by atoms with Gasteiger partial charge < -0.3 is 19.9 Å². The average Bonchev–Trinajstić information content (AvgIpc) is 3.53. The summed E-state index contributed by atoms with van der Waals surface area (Å²) in [7, 11) is 0. The highest BCUT2D eigenvalue weighted by atomic mass is 19.1. The number of ketones is 2. The average molecular weight is 793 g/mol. The number of halogens is 2. The Bertz CT molecular complexity index is 2650. The number of rotatable bonds is 9. The molecule has 0 spiro atoms. The molecule has 2 N–H and O–H groups in total. The highest BCUT2D eigenvalue weighted by Crippen LogP contribution is 2.29. The fraction of sp³-hybridized carbons (Fsp3) is 0.104. The first-order chi connectivity index (χ1) is 28.4. The lowest BCUT2D eigenvalue weighted by Crippen LogP contribution is -2.12. The van der Waals surface area contributed by atoms with Crippen LogP contribution >= 0.6 is 0 Å². The fourth-order valence-corrected chi connectivity index (χ4v) is 6.19. The number of Topliss-reactive ketones (excluding diaryl/α,β-unsaturated/α-hetero) is 2. The molecule has 11 heteroatoms. The molecule has 7 aromatic rings. The van der Waals surface area contributed by atoms with Gasteiger partial charge in [-0.05, 0) is 110 Å². The zero-order chi connectivity index (χ0) is 42.1. The van der Waals surface area contributed by atoms with Gasteiger partial charge in [-0.3, -0.25) is 14.4 Å². The molecule has 2 heterocycles. The summed E-state index contributed by atoms with van der Waals surface area (Å²) in [6, 6.07) is 40.2. The van der Waals surface area contributed by atoms with E-state index in [2.05, 4.69) is 10.3 Å². The number of carbonyl (C=O) groups excluding carboxylic acids is 3. The Hall–Kier alpha value is -7.53. The SMILES string of the molecule is CCOc1ccc(-c2ccc(-c3cc(C(=O)O)c4cc(F)ccc4n3)cc2)cc1.CCOc1ccc(-c2ccc(C(C)=O)cc2)cc1.O=C1Nc2ccc(F)cc2C1=O. The van der Waals surface area contributed by atoms with Crippen molar-refractivity contribution >= 4 is 40.0 Å². The van der Waals surface area contributed by atoms with E-state index < -0.39 is 29.3 Å². The lowest BCUT2D eigenvalue weighted by Gasteiger charge is -2.09. The Labute approximate surface area is 338 Å². The molecule has 0 atom stereocenters. The molecule has 296 valence electrons. The van der Waals surface area contributed by atoms with Crippen LogP contribution in [0.3, 0.4) is 0 Å². The molecule has 1 amide bonds. The number of hydrogen-bond acceptors (Lipinski definition) is 7. The minimum atomic E-state index is -1.12. The van der Waals surface area contributed by atoms with Gasteiger partial charge in [-0.15, -0.1) is 0 Å². The van der Waals surface area contributed by atoms with Crippen LogP contribution in [0.4, 0.5) is 14.5 Å². The number of nitrogens with one attached hydrogen (secondary N) is 1. The van der Waals surface area contributed by atoms with Crippen molar-refractivity contribution in [3.63, 3.8) is 0 Å². The van der Waals surface area contributed by atoms with Crippen LogP contribution in [0.2, 0.25) is 0 Å². The number of anilines is 1. The van der Waals surface area contributed by atoms with Crippen molar-refractivity contribution in [1.82, 2.24) is 4.98 Å². The fourth-order valence-electron chi connectivity index (χ4n) is 6.19. The quantitative estimate of drug-likeness (QED) is 0.109. The summed E-state index contributed by atoms with van der Waals surface area (Å²) in [6.45, 7) is 6.78. The Morgan fingerprint density at radius 3 is 1.61 bits per heavy atom. The second-order valence-corrected chi connectivity index (χ2v) is 13.1. The van der Waals surface area contributed by atoms with Crippen molar-refractivity contribution in [2.75, 3.05) is 18.5 Å². The normalized spacial score (nSPS) is 11.3. The van der Waals surface area contributed by atoms with Crippen LogP contribution in [0.15, 0.2) is 140 Å². The van der Waals surface area contributed by atoms with E-state index in [9.17, 15) is 33.1 Å². The number of aromatic nitrogens is 1. The zero-order valence-corrected chi connectivity index (χ0v) is 32.3. The number of aromatic carboxylic acids is 1. The maximum atomic E-state index is 13.5. The van der Waals surface area contributed by atoms with Crippen LogP contribution in [0.25, 0.3) is 44.4 Å². The van der Waals surface area contributed by atoms with Gasteiger partial charge in [0, 0.05) is 16.5 Å². The maximum Gasteiger partial charge on any atom is 0.336 e. The van der Waals surface area contributed by atoms with Gasteiger partial charge in [0.2, 0.25) is 0 Å². The highest BCUT2D eigenvalue weighted by Gasteiger charge is 2.27. The number of benzene rings is 6. The molecular weight excluding hydrogens is 755 g/mol. The number of carboxylic acids is 1. The number of pyridine rings is 1. The molecule has 6 aromatic carbocycles.